The van der Waals surface area contributed by atoms with Gasteiger partial charge in [-0.2, -0.15) is 13.2 Å². The van der Waals surface area contributed by atoms with Crippen molar-refractivity contribution in [2.24, 2.45) is 0 Å². The lowest BCUT2D eigenvalue weighted by Crippen LogP contribution is -2.12. The maximum atomic E-state index is 13.3. The fourth-order valence-electron chi connectivity index (χ4n) is 3.06. The molecule has 4 nitrogen and oxygen atoms in total. The summed E-state index contributed by atoms with van der Waals surface area (Å²) in [5.74, 6) is -0.458. The Balaban J connectivity index is 1.86. The average molecular weight is 433 g/mol. The van der Waals surface area contributed by atoms with Crippen molar-refractivity contribution < 1.29 is 26.4 Å². The molecule has 156 valence electrons. The topological polar surface area (TPSA) is 63.2 Å². The number of benzene rings is 3. The zero-order valence-corrected chi connectivity index (χ0v) is 16.9. The highest BCUT2D eigenvalue weighted by Crippen LogP contribution is 2.38. The molecule has 1 amide bonds. The maximum absolute atomic E-state index is 13.3. The van der Waals surface area contributed by atoms with E-state index in [1.807, 2.05) is 0 Å². The molecule has 0 aromatic heterocycles. The number of halogens is 3. The highest BCUT2D eigenvalue weighted by Gasteiger charge is 2.33. The molecule has 1 N–H and O–H groups in total. The van der Waals surface area contributed by atoms with Gasteiger partial charge in [-0.25, -0.2) is 8.42 Å². The minimum atomic E-state index is -4.49. The van der Waals surface area contributed by atoms with Crippen LogP contribution in [0.4, 0.5) is 18.9 Å². The summed E-state index contributed by atoms with van der Waals surface area (Å²) in [4.78, 5) is 12.6. The van der Waals surface area contributed by atoms with Gasteiger partial charge in [0.1, 0.15) is 0 Å². The van der Waals surface area contributed by atoms with Gasteiger partial charge in [0.15, 0.2) is 9.84 Å². The van der Waals surface area contributed by atoms with Crippen molar-refractivity contribution in [1.29, 1.82) is 0 Å². The Morgan fingerprint density at radius 1 is 0.900 bits per heavy atom. The number of amides is 1. The molecule has 3 aromatic rings. The van der Waals surface area contributed by atoms with Crippen LogP contribution < -0.4 is 5.32 Å². The normalized spacial score (nSPS) is 11.9. The van der Waals surface area contributed by atoms with Crippen molar-refractivity contribution in [2.45, 2.75) is 18.0 Å². The van der Waals surface area contributed by atoms with Crippen LogP contribution in [-0.4, -0.2) is 20.6 Å². The fourth-order valence-corrected chi connectivity index (χ4v) is 3.69. The largest absolute Gasteiger partial charge is 0.417 e. The molecule has 0 saturated heterocycles. The predicted molar refractivity (Wildman–Crippen MR) is 109 cm³/mol. The van der Waals surface area contributed by atoms with Crippen LogP contribution in [-0.2, 0) is 16.0 Å². The van der Waals surface area contributed by atoms with Crippen LogP contribution >= 0.6 is 0 Å². The molecule has 0 aliphatic carbocycles. The SMILES string of the molecule is Cc1cc(C(=O)Nc2ccc(S(C)(=O)=O)cc2)ccc1-c1ccccc1C(F)(F)F. The van der Waals surface area contributed by atoms with Gasteiger partial charge in [-0.05, 0) is 66.1 Å². The Bertz CT molecular complexity index is 1200. The number of rotatable bonds is 4. The fraction of sp³-hybridized carbons (Fsp3) is 0.136. The summed E-state index contributed by atoms with van der Waals surface area (Å²) >= 11 is 0. The Morgan fingerprint density at radius 3 is 2.10 bits per heavy atom. The summed E-state index contributed by atoms with van der Waals surface area (Å²) in [6.45, 7) is 1.64. The molecule has 0 bridgehead atoms. The van der Waals surface area contributed by atoms with Crippen LogP contribution in [0.25, 0.3) is 11.1 Å². The number of alkyl halides is 3. The van der Waals surface area contributed by atoms with Gasteiger partial charge in [-0.3, -0.25) is 4.79 Å². The van der Waals surface area contributed by atoms with E-state index in [1.54, 1.807) is 6.92 Å². The van der Waals surface area contributed by atoms with Crippen LogP contribution in [0.15, 0.2) is 71.6 Å². The van der Waals surface area contributed by atoms with Crippen molar-refractivity contribution in [3.05, 3.63) is 83.4 Å². The number of nitrogens with one attached hydrogen (secondary N) is 1. The molecular weight excluding hydrogens is 415 g/mol. The van der Waals surface area contributed by atoms with E-state index in [1.165, 1.54) is 60.7 Å². The van der Waals surface area contributed by atoms with E-state index in [4.69, 9.17) is 0 Å². The highest BCUT2D eigenvalue weighted by atomic mass is 32.2. The second-order valence-electron chi connectivity index (χ2n) is 6.82. The quantitative estimate of drug-likeness (QED) is 0.604. The minimum absolute atomic E-state index is 0.0471. The number of sulfone groups is 1. The first-order chi connectivity index (χ1) is 14.0. The first-order valence-electron chi connectivity index (χ1n) is 8.85. The van der Waals surface area contributed by atoms with Gasteiger partial charge < -0.3 is 5.32 Å². The van der Waals surface area contributed by atoms with E-state index in [2.05, 4.69) is 5.32 Å². The summed E-state index contributed by atoms with van der Waals surface area (Å²) in [5.41, 5.74) is 0.885. The summed E-state index contributed by atoms with van der Waals surface area (Å²) in [7, 11) is -3.34. The molecule has 0 heterocycles. The highest BCUT2D eigenvalue weighted by molar-refractivity contribution is 7.90. The number of hydrogen-bond acceptors (Lipinski definition) is 3. The second-order valence-corrected chi connectivity index (χ2v) is 8.84. The summed E-state index contributed by atoms with van der Waals surface area (Å²) in [6.07, 6.45) is -3.40. The first kappa shape index (κ1) is 21.6. The lowest BCUT2D eigenvalue weighted by atomic mass is 9.94. The van der Waals surface area contributed by atoms with Gasteiger partial charge >= 0.3 is 6.18 Å². The van der Waals surface area contributed by atoms with E-state index >= 15 is 0 Å². The summed E-state index contributed by atoms with van der Waals surface area (Å²) in [5, 5.41) is 2.65. The van der Waals surface area contributed by atoms with Gasteiger partial charge in [-0.15, -0.1) is 0 Å². The molecule has 0 unspecified atom stereocenters. The molecule has 3 rings (SSSR count). The molecule has 0 radical (unpaired) electrons. The van der Waals surface area contributed by atoms with Crippen molar-refractivity contribution in [3.63, 3.8) is 0 Å². The minimum Gasteiger partial charge on any atom is -0.322 e. The van der Waals surface area contributed by atoms with Gasteiger partial charge in [0.05, 0.1) is 10.5 Å². The molecule has 0 aliphatic rings. The zero-order chi connectivity index (χ0) is 22.1. The molecule has 30 heavy (non-hydrogen) atoms. The van der Waals surface area contributed by atoms with Crippen molar-refractivity contribution in [3.8, 4) is 11.1 Å². The summed E-state index contributed by atoms with van der Waals surface area (Å²) < 4.78 is 63.0. The van der Waals surface area contributed by atoms with Crippen molar-refractivity contribution in [2.75, 3.05) is 11.6 Å². The Kier molecular flexibility index (Phi) is 5.72. The van der Waals surface area contributed by atoms with Gasteiger partial charge in [0.25, 0.3) is 5.91 Å². The van der Waals surface area contributed by atoms with Crippen LogP contribution in [0.1, 0.15) is 21.5 Å². The second kappa shape index (κ2) is 7.95. The van der Waals surface area contributed by atoms with E-state index in [0.717, 1.165) is 12.3 Å². The molecule has 8 heteroatoms. The monoisotopic (exact) mass is 433 g/mol. The molecule has 3 aromatic carbocycles. The molecular formula is C22H18F3NO3S. The molecule has 0 aliphatic heterocycles. The Morgan fingerprint density at radius 2 is 1.53 bits per heavy atom. The third-order valence-electron chi connectivity index (χ3n) is 4.55. The number of aryl methyl sites for hydroxylation is 1. The van der Waals surface area contributed by atoms with E-state index in [-0.39, 0.29) is 16.0 Å². The lowest BCUT2D eigenvalue weighted by Gasteiger charge is -2.15. The van der Waals surface area contributed by atoms with Crippen molar-refractivity contribution >= 4 is 21.4 Å². The van der Waals surface area contributed by atoms with E-state index < -0.39 is 27.5 Å². The lowest BCUT2D eigenvalue weighted by molar-refractivity contribution is -0.137. The van der Waals surface area contributed by atoms with Gasteiger partial charge in [0, 0.05) is 17.5 Å². The van der Waals surface area contributed by atoms with Gasteiger partial charge in [0.2, 0.25) is 0 Å². The zero-order valence-electron chi connectivity index (χ0n) is 16.1. The number of carbonyl (C=O) groups excluding carboxylic acids is 1. The van der Waals surface area contributed by atoms with Crippen LogP contribution in [0.5, 0.6) is 0 Å². The van der Waals surface area contributed by atoms with Gasteiger partial charge in [-0.1, -0.05) is 24.3 Å². The summed E-state index contributed by atoms with van der Waals surface area (Å²) in [6, 6.07) is 15.4. The first-order valence-corrected chi connectivity index (χ1v) is 10.7. The Hall–Kier alpha value is -3.13. The smallest absolute Gasteiger partial charge is 0.322 e. The molecule has 0 spiro atoms. The maximum Gasteiger partial charge on any atom is 0.417 e. The Labute approximate surface area is 172 Å². The number of hydrogen-bond donors (Lipinski definition) is 1. The standard InChI is InChI=1S/C22H18F3NO3S/c1-14-13-15(21(27)26-16-8-10-17(11-9-16)30(2,28)29)7-12-18(14)19-5-3-4-6-20(19)22(23,24)25/h3-13H,1-2H3,(H,26,27). The number of anilines is 1. The third kappa shape index (κ3) is 4.71. The van der Waals surface area contributed by atoms with Crippen LogP contribution in [0, 0.1) is 6.92 Å². The number of carbonyl (C=O) groups is 1. The third-order valence-corrected chi connectivity index (χ3v) is 5.68. The molecule has 0 saturated carbocycles. The van der Waals surface area contributed by atoms with E-state index in [0.29, 0.717) is 16.8 Å². The predicted octanol–water partition coefficient (Wildman–Crippen LogP) is 5.34. The van der Waals surface area contributed by atoms with Crippen molar-refractivity contribution in [1.82, 2.24) is 0 Å². The molecule has 0 atom stereocenters. The van der Waals surface area contributed by atoms with Crippen LogP contribution in [0.2, 0.25) is 0 Å². The van der Waals surface area contributed by atoms with E-state index in [9.17, 15) is 26.4 Å². The average Bonchev–Trinajstić information content (AvgIpc) is 2.67. The van der Waals surface area contributed by atoms with Crippen LogP contribution in [0.3, 0.4) is 0 Å². The molecule has 0 fully saturated rings.